The quantitative estimate of drug-likeness (QED) is 0.598. The highest BCUT2D eigenvalue weighted by atomic mass is 32.2. The van der Waals surface area contributed by atoms with Crippen molar-refractivity contribution in [3.05, 3.63) is 0 Å². The van der Waals surface area contributed by atoms with Gasteiger partial charge in [0.25, 0.3) is 0 Å². The van der Waals surface area contributed by atoms with E-state index in [1.165, 1.54) is 0 Å². The monoisotopic (exact) mass is 352 g/mol. The molecule has 0 saturated heterocycles. The van der Waals surface area contributed by atoms with E-state index in [0.717, 1.165) is 19.3 Å². The van der Waals surface area contributed by atoms with Crippen LogP contribution < -0.4 is 0 Å². The standard InChI is InChI=1S/C14H18F2O6S/c15-14(16,23(19,20)21)12(18)22-2-1-13-5-8-3-9(6-13)11(17)10(4-8)7-13/h8-10H,1-7H2,(H,19,20,21). The lowest BCUT2D eigenvalue weighted by molar-refractivity contribution is -0.165. The summed E-state index contributed by atoms with van der Waals surface area (Å²) in [6.07, 6.45) is 4.36. The molecule has 0 spiro atoms. The van der Waals surface area contributed by atoms with Crippen LogP contribution in [0, 0.1) is 23.2 Å². The molecule has 4 aliphatic carbocycles. The van der Waals surface area contributed by atoms with E-state index in [-0.39, 0.29) is 23.9 Å². The molecular formula is C14H18F2O6S. The van der Waals surface area contributed by atoms with Gasteiger partial charge in [0, 0.05) is 11.8 Å². The molecule has 2 atom stereocenters. The number of esters is 1. The number of Topliss-reactive ketones (excluding diaryl/α,β-unsaturated/α-hetero) is 1. The third kappa shape index (κ3) is 2.77. The van der Waals surface area contributed by atoms with E-state index < -0.39 is 21.3 Å². The minimum Gasteiger partial charge on any atom is -0.460 e. The molecule has 1 N–H and O–H groups in total. The topological polar surface area (TPSA) is 97.7 Å². The van der Waals surface area contributed by atoms with E-state index in [4.69, 9.17) is 4.55 Å². The molecule has 4 aliphatic rings. The van der Waals surface area contributed by atoms with E-state index in [9.17, 15) is 26.8 Å². The van der Waals surface area contributed by atoms with Crippen molar-refractivity contribution in [1.29, 1.82) is 0 Å². The summed E-state index contributed by atoms with van der Waals surface area (Å²) < 4.78 is 59.9. The van der Waals surface area contributed by atoms with E-state index in [1.54, 1.807) is 0 Å². The first kappa shape index (κ1) is 16.8. The van der Waals surface area contributed by atoms with Crippen LogP contribution in [0.2, 0.25) is 0 Å². The lowest BCUT2D eigenvalue weighted by Gasteiger charge is -2.55. The normalized spacial score (nSPS) is 36.3. The molecule has 4 saturated carbocycles. The summed E-state index contributed by atoms with van der Waals surface area (Å²) in [5.74, 6) is -1.46. The molecule has 9 heteroatoms. The molecule has 4 bridgehead atoms. The van der Waals surface area contributed by atoms with Crippen molar-refractivity contribution in [1.82, 2.24) is 0 Å². The molecule has 0 heterocycles. The van der Waals surface area contributed by atoms with Gasteiger partial charge in [-0.15, -0.1) is 0 Å². The summed E-state index contributed by atoms with van der Waals surface area (Å²) in [7, 11) is -5.84. The van der Waals surface area contributed by atoms with Crippen LogP contribution in [0.5, 0.6) is 0 Å². The molecule has 130 valence electrons. The maximum atomic E-state index is 13.1. The van der Waals surface area contributed by atoms with Gasteiger partial charge in [-0.05, 0) is 49.9 Å². The number of ketones is 1. The number of carbonyl (C=O) groups is 2. The number of hydrogen-bond donors (Lipinski definition) is 1. The SMILES string of the molecule is O=C1C2CC3CC1CC(CCOC(=O)C(F)(F)S(=O)(=O)O)(C3)C2. The van der Waals surface area contributed by atoms with E-state index in [0.29, 0.717) is 31.0 Å². The smallest absolute Gasteiger partial charge is 0.460 e. The second-order valence-corrected chi connectivity index (χ2v) is 8.59. The molecular weight excluding hydrogens is 334 g/mol. The van der Waals surface area contributed by atoms with Crippen LogP contribution in [-0.2, 0) is 24.4 Å². The third-order valence-corrected chi connectivity index (χ3v) is 6.36. The zero-order chi connectivity index (χ0) is 17.0. The molecule has 0 amide bonds. The highest BCUT2D eigenvalue weighted by molar-refractivity contribution is 7.87. The van der Waals surface area contributed by atoms with Gasteiger partial charge in [-0.1, -0.05) is 0 Å². The predicted octanol–water partition coefficient (Wildman–Crippen LogP) is 1.80. The van der Waals surface area contributed by atoms with E-state index >= 15 is 0 Å². The van der Waals surface area contributed by atoms with Gasteiger partial charge in [0.2, 0.25) is 0 Å². The van der Waals surface area contributed by atoms with Crippen LogP contribution in [0.1, 0.15) is 38.5 Å². The van der Waals surface area contributed by atoms with Crippen molar-refractivity contribution in [2.24, 2.45) is 23.2 Å². The Hall–Kier alpha value is -1.09. The Morgan fingerprint density at radius 1 is 1.26 bits per heavy atom. The predicted molar refractivity (Wildman–Crippen MR) is 73.1 cm³/mol. The first-order valence-corrected chi connectivity index (χ1v) is 9.04. The minimum atomic E-state index is -5.84. The van der Waals surface area contributed by atoms with Gasteiger partial charge in [0.05, 0.1) is 6.61 Å². The molecule has 4 fully saturated rings. The molecule has 0 aliphatic heterocycles. The highest BCUT2D eigenvalue weighted by Gasteiger charge is 2.56. The lowest BCUT2D eigenvalue weighted by Crippen LogP contribution is -2.51. The maximum absolute atomic E-state index is 13.1. The molecule has 4 rings (SSSR count). The van der Waals surface area contributed by atoms with Crippen LogP contribution in [0.3, 0.4) is 0 Å². The fourth-order valence-corrected chi connectivity index (χ4v) is 5.03. The zero-order valence-electron chi connectivity index (χ0n) is 12.3. The van der Waals surface area contributed by atoms with Gasteiger partial charge in [-0.25, -0.2) is 4.79 Å². The Balaban J connectivity index is 1.60. The number of ether oxygens (including phenoxy) is 1. The van der Waals surface area contributed by atoms with Crippen molar-refractivity contribution in [2.75, 3.05) is 6.61 Å². The van der Waals surface area contributed by atoms with Crippen LogP contribution in [0.4, 0.5) is 8.78 Å². The van der Waals surface area contributed by atoms with Gasteiger partial charge < -0.3 is 4.74 Å². The van der Waals surface area contributed by atoms with Crippen molar-refractivity contribution >= 4 is 21.9 Å². The number of carbonyl (C=O) groups excluding carboxylic acids is 2. The van der Waals surface area contributed by atoms with E-state index in [2.05, 4.69) is 4.74 Å². The first-order chi connectivity index (χ1) is 10.5. The van der Waals surface area contributed by atoms with Crippen LogP contribution in [0.15, 0.2) is 0 Å². The first-order valence-electron chi connectivity index (χ1n) is 7.60. The van der Waals surface area contributed by atoms with Gasteiger partial charge >= 0.3 is 21.3 Å². The summed E-state index contributed by atoms with van der Waals surface area (Å²) in [5.41, 5.74) is -0.182. The second kappa shape index (κ2) is 5.20. The Bertz CT molecular complexity index is 626. The Labute approximate surface area is 132 Å². The number of hydrogen-bond acceptors (Lipinski definition) is 5. The zero-order valence-corrected chi connectivity index (χ0v) is 13.2. The average Bonchev–Trinajstić information content (AvgIpc) is 2.42. The molecule has 2 unspecified atom stereocenters. The molecule has 0 aromatic rings. The summed E-state index contributed by atoms with van der Waals surface area (Å²) in [4.78, 5) is 23.2. The molecule has 23 heavy (non-hydrogen) atoms. The third-order valence-electron chi connectivity index (χ3n) is 5.55. The summed E-state index contributed by atoms with van der Waals surface area (Å²) in [6, 6.07) is 0. The van der Waals surface area contributed by atoms with Gasteiger partial charge in [-0.2, -0.15) is 17.2 Å². The van der Waals surface area contributed by atoms with Crippen molar-refractivity contribution in [3.63, 3.8) is 0 Å². The summed E-state index contributed by atoms with van der Waals surface area (Å²) >= 11 is 0. The molecule has 0 radical (unpaired) electrons. The maximum Gasteiger partial charge on any atom is 0.465 e. The van der Waals surface area contributed by atoms with Gasteiger partial charge in [-0.3, -0.25) is 9.35 Å². The number of alkyl halides is 2. The molecule has 0 aromatic heterocycles. The van der Waals surface area contributed by atoms with Crippen LogP contribution in [-0.4, -0.2) is 36.6 Å². The fraction of sp³-hybridized carbons (Fsp3) is 0.857. The van der Waals surface area contributed by atoms with Gasteiger partial charge in [0.15, 0.2) is 0 Å². The van der Waals surface area contributed by atoms with Crippen molar-refractivity contribution in [3.8, 4) is 0 Å². The summed E-state index contributed by atoms with van der Waals surface area (Å²) in [5, 5.41) is -4.95. The fourth-order valence-electron chi connectivity index (χ4n) is 4.76. The second-order valence-electron chi connectivity index (χ2n) is 7.12. The number of halogens is 2. The highest BCUT2D eigenvalue weighted by Crippen LogP contribution is 2.59. The Morgan fingerprint density at radius 2 is 1.83 bits per heavy atom. The molecule has 0 aromatic carbocycles. The van der Waals surface area contributed by atoms with Crippen LogP contribution in [0.25, 0.3) is 0 Å². The largest absolute Gasteiger partial charge is 0.465 e. The van der Waals surface area contributed by atoms with Crippen LogP contribution >= 0.6 is 0 Å². The average molecular weight is 352 g/mol. The Morgan fingerprint density at radius 3 is 2.35 bits per heavy atom. The van der Waals surface area contributed by atoms with Gasteiger partial charge in [0.1, 0.15) is 5.78 Å². The van der Waals surface area contributed by atoms with Crippen molar-refractivity contribution < 1.29 is 36.1 Å². The van der Waals surface area contributed by atoms with E-state index in [1.807, 2.05) is 0 Å². The minimum absolute atomic E-state index is 0.0243. The number of rotatable bonds is 5. The Kier molecular flexibility index (Phi) is 3.79. The molecule has 6 nitrogen and oxygen atoms in total. The lowest BCUT2D eigenvalue weighted by atomic mass is 9.48. The summed E-state index contributed by atoms with van der Waals surface area (Å²) in [6.45, 7) is -0.343. The van der Waals surface area contributed by atoms with Crippen molar-refractivity contribution in [2.45, 2.75) is 43.8 Å².